The van der Waals surface area contributed by atoms with Gasteiger partial charge in [0.1, 0.15) is 6.61 Å². The number of carbonyl (C=O) groups excluding carboxylic acids is 1. The van der Waals surface area contributed by atoms with Gasteiger partial charge in [-0.1, -0.05) is 68.3 Å². The topological polar surface area (TPSA) is 38.3 Å². The van der Waals surface area contributed by atoms with E-state index in [1.165, 1.54) is 22.3 Å². The Morgan fingerprint density at radius 1 is 1.12 bits per heavy atom. The maximum atomic E-state index is 12.1. The molecular weight excluding hydrogens is 310 g/mol. The van der Waals surface area contributed by atoms with Crippen molar-refractivity contribution in [2.45, 2.75) is 32.2 Å². The fraction of sp³-hybridized carbons (Fsp3) is 0.318. The molecule has 1 N–H and O–H groups in total. The summed E-state index contributed by atoms with van der Waals surface area (Å²) in [5.41, 5.74) is 4.83. The molecule has 3 nitrogen and oxygen atoms in total. The molecule has 0 fully saturated rings. The molecule has 2 aromatic rings. The second-order valence-electron chi connectivity index (χ2n) is 6.82. The Morgan fingerprint density at radius 3 is 2.20 bits per heavy atom. The van der Waals surface area contributed by atoms with Gasteiger partial charge in [-0.25, -0.2) is 4.79 Å². The average molecular weight is 333 g/mol. The van der Waals surface area contributed by atoms with Crippen LogP contribution < -0.4 is 5.32 Å². The fourth-order valence-electron chi connectivity index (χ4n) is 3.42. The summed E-state index contributed by atoms with van der Waals surface area (Å²) in [6.07, 6.45) is 5.78. The summed E-state index contributed by atoms with van der Waals surface area (Å²) in [4.78, 5) is 12.1. The molecule has 0 aliphatic heterocycles. The summed E-state index contributed by atoms with van der Waals surface area (Å²) >= 11 is 0. The van der Waals surface area contributed by atoms with Crippen LogP contribution in [-0.4, -0.2) is 18.7 Å². The second kappa shape index (κ2) is 7.44. The van der Waals surface area contributed by atoms with Crippen molar-refractivity contribution in [3.8, 4) is 23.5 Å². The molecule has 0 spiro atoms. The van der Waals surface area contributed by atoms with E-state index in [-0.39, 0.29) is 12.0 Å². The van der Waals surface area contributed by atoms with E-state index in [1.54, 1.807) is 0 Å². The molecule has 0 unspecified atom stereocenters. The number of alkyl carbamates (subject to hydrolysis) is 1. The maximum absolute atomic E-state index is 12.1. The first-order valence-electron chi connectivity index (χ1n) is 8.67. The van der Waals surface area contributed by atoms with Crippen molar-refractivity contribution < 1.29 is 9.53 Å². The van der Waals surface area contributed by atoms with Gasteiger partial charge in [0, 0.05) is 5.92 Å². The Morgan fingerprint density at radius 2 is 1.68 bits per heavy atom. The van der Waals surface area contributed by atoms with Gasteiger partial charge in [0.15, 0.2) is 0 Å². The van der Waals surface area contributed by atoms with Gasteiger partial charge >= 0.3 is 6.09 Å². The second-order valence-corrected chi connectivity index (χ2v) is 6.82. The van der Waals surface area contributed by atoms with Crippen LogP contribution in [0.2, 0.25) is 0 Å². The number of fused-ring (bicyclic) bond motifs is 3. The zero-order valence-electron chi connectivity index (χ0n) is 14.7. The molecule has 0 radical (unpaired) electrons. The van der Waals surface area contributed by atoms with Gasteiger partial charge in [-0.05, 0) is 34.6 Å². The highest BCUT2D eigenvalue weighted by molar-refractivity contribution is 5.79. The van der Waals surface area contributed by atoms with Crippen LogP contribution in [0.25, 0.3) is 11.1 Å². The van der Waals surface area contributed by atoms with Gasteiger partial charge < -0.3 is 10.1 Å². The highest BCUT2D eigenvalue weighted by Crippen LogP contribution is 2.44. The number of benzene rings is 2. The van der Waals surface area contributed by atoms with Crippen molar-refractivity contribution in [1.82, 2.24) is 5.32 Å². The molecule has 3 heteroatoms. The summed E-state index contributed by atoms with van der Waals surface area (Å²) in [6, 6.07) is 16.3. The smallest absolute Gasteiger partial charge is 0.408 e. The highest BCUT2D eigenvalue weighted by Gasteiger charge is 2.29. The molecule has 1 amide bonds. The standard InChI is InChI=1S/C22H23NO2/c1-4-16(13-15(2)3)23-22(24)25-14-21-19-11-7-5-9-17(19)18-10-6-8-12-20(18)21/h1,5-12,15-16,21H,13-14H2,2-3H3,(H,23,24)/t16-/m0/s1. The predicted octanol–water partition coefficient (Wildman–Crippen LogP) is 4.57. The molecule has 0 saturated carbocycles. The number of hydrogen-bond donors (Lipinski definition) is 1. The van der Waals surface area contributed by atoms with E-state index in [0.717, 1.165) is 6.42 Å². The summed E-state index contributed by atoms with van der Waals surface area (Å²) in [7, 11) is 0. The number of rotatable bonds is 5. The van der Waals surface area contributed by atoms with Gasteiger partial charge in [-0.2, -0.15) is 0 Å². The molecule has 25 heavy (non-hydrogen) atoms. The van der Waals surface area contributed by atoms with Crippen LogP contribution in [0, 0.1) is 18.3 Å². The van der Waals surface area contributed by atoms with E-state index in [9.17, 15) is 4.79 Å². The van der Waals surface area contributed by atoms with Crippen LogP contribution in [-0.2, 0) is 4.74 Å². The Bertz CT molecular complexity index is 758. The first-order valence-corrected chi connectivity index (χ1v) is 8.67. The lowest BCUT2D eigenvalue weighted by Gasteiger charge is -2.17. The fourth-order valence-corrected chi connectivity index (χ4v) is 3.42. The maximum Gasteiger partial charge on any atom is 0.408 e. The molecule has 0 aromatic heterocycles. The minimum atomic E-state index is -0.453. The zero-order chi connectivity index (χ0) is 17.8. The summed E-state index contributed by atoms with van der Waals surface area (Å²) in [5, 5.41) is 2.77. The van der Waals surface area contributed by atoms with Crippen molar-refractivity contribution in [1.29, 1.82) is 0 Å². The number of nitrogens with one attached hydrogen (secondary N) is 1. The van der Waals surface area contributed by atoms with E-state index < -0.39 is 6.09 Å². The Hall–Kier alpha value is -2.73. The molecule has 2 aromatic carbocycles. The first kappa shape index (κ1) is 17.1. The molecule has 0 saturated heterocycles. The molecule has 1 atom stereocenters. The zero-order valence-corrected chi connectivity index (χ0v) is 14.7. The van der Waals surface area contributed by atoms with Crippen molar-refractivity contribution in [3.05, 3.63) is 59.7 Å². The number of hydrogen-bond acceptors (Lipinski definition) is 2. The normalized spacial score (nSPS) is 13.7. The van der Waals surface area contributed by atoms with Crippen LogP contribution in [0.15, 0.2) is 48.5 Å². The third kappa shape index (κ3) is 3.69. The Kier molecular flexibility index (Phi) is 5.09. The average Bonchev–Trinajstić information content (AvgIpc) is 2.93. The van der Waals surface area contributed by atoms with Crippen LogP contribution in [0.4, 0.5) is 4.79 Å². The van der Waals surface area contributed by atoms with Gasteiger partial charge in [0.05, 0.1) is 6.04 Å². The summed E-state index contributed by atoms with van der Waals surface area (Å²) in [5.74, 6) is 3.09. The molecular formula is C22H23NO2. The predicted molar refractivity (Wildman–Crippen MR) is 100 cm³/mol. The Balaban J connectivity index is 1.69. The number of amides is 1. The third-order valence-electron chi connectivity index (χ3n) is 4.54. The minimum Gasteiger partial charge on any atom is -0.449 e. The molecule has 128 valence electrons. The van der Waals surface area contributed by atoms with Crippen molar-refractivity contribution in [3.63, 3.8) is 0 Å². The molecule has 1 aliphatic rings. The first-order chi connectivity index (χ1) is 12.1. The van der Waals surface area contributed by atoms with Crippen molar-refractivity contribution >= 4 is 6.09 Å². The SMILES string of the molecule is C#C[C@@H](CC(C)C)NC(=O)OCC1c2ccccc2-c2ccccc21. The number of terminal acetylenes is 1. The lowest BCUT2D eigenvalue weighted by Crippen LogP contribution is -2.35. The van der Waals surface area contributed by atoms with Gasteiger partial charge in [-0.3, -0.25) is 0 Å². The lowest BCUT2D eigenvalue weighted by molar-refractivity contribution is 0.140. The highest BCUT2D eigenvalue weighted by atomic mass is 16.5. The van der Waals surface area contributed by atoms with Gasteiger partial charge in [-0.15, -0.1) is 6.42 Å². The largest absolute Gasteiger partial charge is 0.449 e. The van der Waals surface area contributed by atoms with E-state index in [0.29, 0.717) is 12.5 Å². The van der Waals surface area contributed by atoms with Crippen LogP contribution in [0.3, 0.4) is 0 Å². The summed E-state index contributed by atoms with van der Waals surface area (Å²) < 4.78 is 5.51. The monoisotopic (exact) mass is 333 g/mol. The Labute approximate surface area is 149 Å². The van der Waals surface area contributed by atoms with E-state index in [4.69, 9.17) is 11.2 Å². The van der Waals surface area contributed by atoms with Crippen molar-refractivity contribution in [2.75, 3.05) is 6.61 Å². The number of carbonyl (C=O) groups is 1. The quantitative estimate of drug-likeness (QED) is 0.814. The third-order valence-corrected chi connectivity index (χ3v) is 4.54. The van der Waals surface area contributed by atoms with Crippen LogP contribution in [0.5, 0.6) is 0 Å². The molecule has 1 aliphatic carbocycles. The van der Waals surface area contributed by atoms with Crippen molar-refractivity contribution in [2.24, 2.45) is 5.92 Å². The molecule has 0 bridgehead atoms. The summed E-state index contributed by atoms with van der Waals surface area (Å²) in [6.45, 7) is 4.45. The van der Waals surface area contributed by atoms with Gasteiger partial charge in [0.25, 0.3) is 0 Å². The van der Waals surface area contributed by atoms with E-state index in [2.05, 4.69) is 49.4 Å². The molecule has 0 heterocycles. The van der Waals surface area contributed by atoms with Crippen LogP contribution in [0.1, 0.15) is 37.3 Å². The van der Waals surface area contributed by atoms with E-state index in [1.807, 2.05) is 24.3 Å². The minimum absolute atomic E-state index is 0.0625. The van der Waals surface area contributed by atoms with Gasteiger partial charge in [0.2, 0.25) is 0 Å². The molecule has 3 rings (SSSR count). The van der Waals surface area contributed by atoms with Crippen LogP contribution >= 0.6 is 0 Å². The van der Waals surface area contributed by atoms with E-state index >= 15 is 0 Å². The number of ether oxygens (including phenoxy) is 1. The lowest BCUT2D eigenvalue weighted by atomic mass is 9.98.